The number of nitro benzene ring substituents is 1. The van der Waals surface area contributed by atoms with E-state index in [2.05, 4.69) is 9.88 Å². The molecule has 0 bridgehead atoms. The number of benzene rings is 1. The van der Waals surface area contributed by atoms with Gasteiger partial charge in [0.05, 0.1) is 4.92 Å². The monoisotopic (exact) mass is 290 g/mol. The lowest BCUT2D eigenvalue weighted by atomic mass is 9.99. The molecular weight excluding hydrogens is 276 g/mol. The molecule has 0 unspecified atom stereocenters. The Morgan fingerprint density at radius 2 is 2.30 bits per heavy atom. The minimum absolute atomic E-state index is 0.160. The van der Waals surface area contributed by atoms with Gasteiger partial charge in [0.2, 0.25) is 0 Å². The van der Waals surface area contributed by atoms with Gasteiger partial charge in [0.25, 0.3) is 5.69 Å². The molecule has 1 aliphatic rings. The average Bonchev–Trinajstić information content (AvgIpc) is 2.83. The summed E-state index contributed by atoms with van der Waals surface area (Å²) in [5.41, 5.74) is 8.04. The van der Waals surface area contributed by atoms with Crippen LogP contribution in [-0.2, 0) is 19.5 Å². The molecule has 0 atom stereocenters. The van der Waals surface area contributed by atoms with Crippen molar-refractivity contribution in [1.29, 1.82) is 0 Å². The Morgan fingerprint density at radius 1 is 1.45 bits per heavy atom. The lowest BCUT2D eigenvalue weighted by Gasteiger charge is -2.27. The highest BCUT2D eigenvalue weighted by molar-refractivity contribution is 7.15. The van der Waals surface area contributed by atoms with Gasteiger partial charge >= 0.3 is 0 Å². The zero-order chi connectivity index (χ0) is 14.1. The summed E-state index contributed by atoms with van der Waals surface area (Å²) in [7, 11) is 0. The third kappa shape index (κ3) is 2.63. The molecule has 0 radical (unpaired) electrons. The first kappa shape index (κ1) is 13.0. The molecule has 2 N–H and O–H groups in total. The fraction of sp³-hybridized carbons (Fsp3) is 0.308. The number of anilines is 1. The number of thiazole rings is 1. The summed E-state index contributed by atoms with van der Waals surface area (Å²) in [6.07, 6.45) is 2.71. The summed E-state index contributed by atoms with van der Waals surface area (Å²) in [5.74, 6) is 0. The van der Waals surface area contributed by atoms with E-state index in [1.807, 2.05) is 6.07 Å². The molecule has 0 spiro atoms. The Morgan fingerprint density at radius 3 is 3.00 bits per heavy atom. The maximum absolute atomic E-state index is 10.8. The molecule has 3 rings (SSSR count). The van der Waals surface area contributed by atoms with Gasteiger partial charge in [-0.25, -0.2) is 4.98 Å². The van der Waals surface area contributed by atoms with E-state index < -0.39 is 0 Å². The van der Waals surface area contributed by atoms with Crippen LogP contribution >= 0.6 is 11.3 Å². The molecule has 0 aliphatic carbocycles. The number of aromatic nitrogens is 1. The summed E-state index contributed by atoms with van der Waals surface area (Å²) in [6.45, 7) is 2.47. The number of nitro groups is 1. The molecule has 0 saturated carbocycles. The van der Waals surface area contributed by atoms with E-state index >= 15 is 0 Å². The minimum Gasteiger partial charge on any atom is -0.375 e. The fourth-order valence-corrected chi connectivity index (χ4v) is 3.19. The highest BCUT2D eigenvalue weighted by atomic mass is 32.1. The normalized spacial score (nSPS) is 15.0. The van der Waals surface area contributed by atoms with Gasteiger partial charge in [-0.05, 0) is 17.5 Å². The first-order valence-corrected chi connectivity index (χ1v) is 7.12. The van der Waals surface area contributed by atoms with E-state index in [1.165, 1.54) is 16.9 Å². The van der Waals surface area contributed by atoms with Gasteiger partial charge in [-0.2, -0.15) is 0 Å². The summed E-state index contributed by atoms with van der Waals surface area (Å²) < 4.78 is 0. The molecule has 1 aromatic heterocycles. The van der Waals surface area contributed by atoms with Crippen molar-refractivity contribution in [1.82, 2.24) is 9.88 Å². The van der Waals surface area contributed by atoms with Gasteiger partial charge in [0.1, 0.15) is 0 Å². The number of nitrogens with two attached hydrogens (primary N) is 1. The zero-order valence-corrected chi connectivity index (χ0v) is 11.6. The number of nitrogen functional groups attached to an aromatic ring is 1. The minimum atomic E-state index is -0.344. The highest BCUT2D eigenvalue weighted by Gasteiger charge is 2.19. The summed E-state index contributed by atoms with van der Waals surface area (Å²) >= 11 is 1.49. The van der Waals surface area contributed by atoms with Crippen molar-refractivity contribution in [2.24, 2.45) is 0 Å². The molecule has 0 amide bonds. The van der Waals surface area contributed by atoms with Crippen molar-refractivity contribution in [3.63, 3.8) is 0 Å². The zero-order valence-electron chi connectivity index (χ0n) is 10.8. The largest absolute Gasteiger partial charge is 0.375 e. The van der Waals surface area contributed by atoms with Crippen LogP contribution in [0.25, 0.3) is 0 Å². The Bertz CT molecular complexity index is 656. The summed E-state index contributed by atoms with van der Waals surface area (Å²) in [6, 6.07) is 5.14. The van der Waals surface area contributed by atoms with Gasteiger partial charge in [0, 0.05) is 42.8 Å². The van der Waals surface area contributed by atoms with Gasteiger partial charge in [-0.15, -0.1) is 11.3 Å². The van der Waals surface area contributed by atoms with Crippen molar-refractivity contribution in [2.75, 3.05) is 12.3 Å². The second-order valence-corrected chi connectivity index (χ2v) is 5.98. The lowest BCUT2D eigenvalue weighted by molar-refractivity contribution is -0.385. The quantitative estimate of drug-likeness (QED) is 0.692. The van der Waals surface area contributed by atoms with Crippen LogP contribution in [0.15, 0.2) is 24.4 Å². The van der Waals surface area contributed by atoms with E-state index in [9.17, 15) is 10.1 Å². The van der Waals surface area contributed by atoms with Crippen LogP contribution in [0.4, 0.5) is 10.8 Å². The number of hydrogen-bond acceptors (Lipinski definition) is 6. The van der Waals surface area contributed by atoms with Crippen LogP contribution in [0.3, 0.4) is 0 Å². The molecule has 0 fully saturated rings. The van der Waals surface area contributed by atoms with Gasteiger partial charge in [0.15, 0.2) is 5.13 Å². The third-order valence-corrected chi connectivity index (χ3v) is 4.25. The van der Waals surface area contributed by atoms with Gasteiger partial charge in [-0.1, -0.05) is 6.07 Å². The van der Waals surface area contributed by atoms with Crippen LogP contribution < -0.4 is 5.73 Å². The van der Waals surface area contributed by atoms with Crippen LogP contribution in [0, 0.1) is 10.1 Å². The molecule has 7 heteroatoms. The summed E-state index contributed by atoms with van der Waals surface area (Å²) in [4.78, 5) is 17.9. The van der Waals surface area contributed by atoms with Gasteiger partial charge < -0.3 is 5.73 Å². The van der Waals surface area contributed by atoms with Gasteiger partial charge in [-0.3, -0.25) is 15.0 Å². The molecule has 2 aromatic rings. The lowest BCUT2D eigenvalue weighted by Crippen LogP contribution is -2.29. The van der Waals surface area contributed by atoms with E-state index in [-0.39, 0.29) is 10.6 Å². The number of hydrogen-bond donors (Lipinski definition) is 1. The number of non-ortho nitro benzene ring substituents is 1. The van der Waals surface area contributed by atoms with Crippen molar-refractivity contribution in [3.8, 4) is 0 Å². The predicted octanol–water partition coefficient (Wildman–Crippen LogP) is 2.19. The Balaban J connectivity index is 1.76. The predicted molar refractivity (Wildman–Crippen MR) is 77.4 cm³/mol. The highest BCUT2D eigenvalue weighted by Crippen LogP contribution is 2.26. The maximum Gasteiger partial charge on any atom is 0.269 e. The van der Waals surface area contributed by atoms with Crippen LogP contribution in [0.1, 0.15) is 16.0 Å². The van der Waals surface area contributed by atoms with E-state index in [1.54, 1.807) is 18.3 Å². The van der Waals surface area contributed by atoms with Crippen molar-refractivity contribution < 1.29 is 4.92 Å². The standard InChI is InChI=1S/C13H14N4O2S/c14-13-15-6-12(20-13)8-16-4-3-9-1-2-11(17(18)19)5-10(9)7-16/h1-2,5-6H,3-4,7-8H2,(H2,14,15). The van der Waals surface area contributed by atoms with Crippen LogP contribution in [0.2, 0.25) is 0 Å². The molecule has 2 heterocycles. The number of nitrogens with zero attached hydrogens (tertiary/aromatic N) is 3. The first-order valence-electron chi connectivity index (χ1n) is 6.30. The second kappa shape index (κ2) is 5.18. The average molecular weight is 290 g/mol. The molecule has 1 aliphatic heterocycles. The molecule has 6 nitrogen and oxygen atoms in total. The Hall–Kier alpha value is -1.99. The van der Waals surface area contributed by atoms with E-state index in [4.69, 9.17) is 5.73 Å². The SMILES string of the molecule is Nc1ncc(CN2CCc3ccc([N+](=O)[O-])cc3C2)s1. The second-order valence-electron chi connectivity index (χ2n) is 4.84. The van der Waals surface area contributed by atoms with E-state index in [0.29, 0.717) is 5.13 Å². The fourth-order valence-electron chi connectivity index (χ4n) is 2.47. The smallest absolute Gasteiger partial charge is 0.269 e. The van der Waals surface area contributed by atoms with Crippen molar-refractivity contribution in [2.45, 2.75) is 19.5 Å². The van der Waals surface area contributed by atoms with Crippen molar-refractivity contribution in [3.05, 3.63) is 50.5 Å². The summed E-state index contributed by atoms with van der Waals surface area (Å²) in [5, 5.41) is 11.4. The molecule has 20 heavy (non-hydrogen) atoms. The van der Waals surface area contributed by atoms with Crippen molar-refractivity contribution >= 4 is 22.2 Å². The third-order valence-electron chi connectivity index (χ3n) is 3.44. The maximum atomic E-state index is 10.8. The molecular formula is C13H14N4O2S. The molecule has 104 valence electrons. The molecule has 0 saturated heterocycles. The van der Waals surface area contributed by atoms with Crippen LogP contribution in [-0.4, -0.2) is 21.4 Å². The number of fused-ring (bicyclic) bond motifs is 1. The Kier molecular flexibility index (Phi) is 3.37. The first-order chi connectivity index (χ1) is 9.61. The Labute approximate surface area is 120 Å². The van der Waals surface area contributed by atoms with Crippen LogP contribution in [0.5, 0.6) is 0 Å². The molecule has 1 aromatic carbocycles. The number of rotatable bonds is 3. The van der Waals surface area contributed by atoms with E-state index in [0.717, 1.165) is 36.5 Å². The topological polar surface area (TPSA) is 85.3 Å².